The van der Waals surface area contributed by atoms with Gasteiger partial charge in [-0.2, -0.15) is 0 Å². The Labute approximate surface area is 93.5 Å². The molecule has 0 atom stereocenters. The van der Waals surface area contributed by atoms with Crippen molar-refractivity contribution in [2.45, 2.75) is 33.6 Å². The molecule has 0 amide bonds. The standard InChI is InChI=1S/C11H17BrS/c1-4-9-5-6-10(13-9)7-11(2,3)8-12/h5-6H,4,7-8H2,1-3H3. The van der Waals surface area contributed by atoms with E-state index in [1.165, 1.54) is 22.6 Å². The van der Waals surface area contributed by atoms with Gasteiger partial charge >= 0.3 is 0 Å². The molecule has 0 saturated carbocycles. The van der Waals surface area contributed by atoms with E-state index in [0.29, 0.717) is 5.41 Å². The molecule has 74 valence electrons. The van der Waals surface area contributed by atoms with Crippen LogP contribution < -0.4 is 0 Å². The highest BCUT2D eigenvalue weighted by Gasteiger charge is 2.17. The van der Waals surface area contributed by atoms with Gasteiger partial charge in [-0.25, -0.2) is 0 Å². The predicted molar refractivity (Wildman–Crippen MR) is 65.0 cm³/mol. The Kier molecular flexibility index (Phi) is 3.99. The first-order valence-electron chi connectivity index (χ1n) is 4.71. The second-order valence-corrected chi connectivity index (χ2v) is 6.01. The summed E-state index contributed by atoms with van der Waals surface area (Å²) < 4.78 is 0. The van der Waals surface area contributed by atoms with E-state index in [9.17, 15) is 0 Å². The summed E-state index contributed by atoms with van der Waals surface area (Å²) in [7, 11) is 0. The SMILES string of the molecule is CCc1ccc(CC(C)(C)CBr)s1. The smallest absolute Gasteiger partial charge is 0.00861 e. The van der Waals surface area contributed by atoms with Crippen LogP contribution in [0.1, 0.15) is 30.5 Å². The molecule has 0 saturated heterocycles. The average molecular weight is 261 g/mol. The van der Waals surface area contributed by atoms with Crippen molar-refractivity contribution in [1.82, 2.24) is 0 Å². The van der Waals surface area contributed by atoms with Crippen LogP contribution >= 0.6 is 27.3 Å². The molecule has 0 aromatic carbocycles. The maximum absolute atomic E-state index is 3.56. The molecule has 13 heavy (non-hydrogen) atoms. The molecule has 0 radical (unpaired) electrons. The summed E-state index contributed by atoms with van der Waals surface area (Å²) in [6, 6.07) is 4.53. The fraction of sp³-hybridized carbons (Fsp3) is 0.636. The van der Waals surface area contributed by atoms with Crippen molar-refractivity contribution in [1.29, 1.82) is 0 Å². The molecule has 1 rings (SSSR count). The number of rotatable bonds is 4. The molecule has 0 nitrogen and oxygen atoms in total. The van der Waals surface area contributed by atoms with Crippen LogP contribution in [0.5, 0.6) is 0 Å². The van der Waals surface area contributed by atoms with Gasteiger partial charge in [0.2, 0.25) is 0 Å². The Hall–Kier alpha value is 0.180. The van der Waals surface area contributed by atoms with Gasteiger partial charge in [-0.3, -0.25) is 0 Å². The number of aryl methyl sites for hydroxylation is 1. The molecular weight excluding hydrogens is 244 g/mol. The van der Waals surface area contributed by atoms with Crippen molar-refractivity contribution < 1.29 is 0 Å². The van der Waals surface area contributed by atoms with Crippen LogP contribution in [0, 0.1) is 5.41 Å². The second-order valence-electron chi connectivity index (χ2n) is 4.20. The molecule has 1 aromatic heterocycles. The van der Waals surface area contributed by atoms with Crippen LogP contribution in [0.25, 0.3) is 0 Å². The minimum atomic E-state index is 0.385. The number of thiophene rings is 1. The minimum absolute atomic E-state index is 0.385. The van der Waals surface area contributed by atoms with Gasteiger partial charge in [0.05, 0.1) is 0 Å². The summed E-state index contributed by atoms with van der Waals surface area (Å²) in [5.74, 6) is 0. The zero-order chi connectivity index (χ0) is 9.90. The predicted octanol–water partition coefficient (Wildman–Crippen LogP) is 4.27. The minimum Gasteiger partial charge on any atom is -0.145 e. The van der Waals surface area contributed by atoms with Crippen LogP contribution in [0.15, 0.2) is 12.1 Å². The number of alkyl halides is 1. The quantitative estimate of drug-likeness (QED) is 0.710. The first kappa shape index (κ1) is 11.3. The molecule has 0 bridgehead atoms. The first-order valence-corrected chi connectivity index (χ1v) is 6.65. The molecule has 0 fully saturated rings. The van der Waals surface area contributed by atoms with Crippen LogP contribution in [0.2, 0.25) is 0 Å². The second kappa shape index (κ2) is 4.61. The topological polar surface area (TPSA) is 0 Å². The molecule has 0 aliphatic heterocycles. The highest BCUT2D eigenvalue weighted by Crippen LogP contribution is 2.28. The Bertz CT molecular complexity index is 263. The molecule has 0 spiro atoms. The van der Waals surface area contributed by atoms with E-state index in [4.69, 9.17) is 0 Å². The summed E-state index contributed by atoms with van der Waals surface area (Å²) in [4.78, 5) is 3.02. The molecule has 0 N–H and O–H groups in total. The van der Waals surface area contributed by atoms with Crippen molar-refractivity contribution in [3.63, 3.8) is 0 Å². The third-order valence-electron chi connectivity index (χ3n) is 2.08. The van der Waals surface area contributed by atoms with E-state index in [1.54, 1.807) is 0 Å². The van der Waals surface area contributed by atoms with Gasteiger partial charge in [0.25, 0.3) is 0 Å². The van der Waals surface area contributed by atoms with Crippen LogP contribution in [-0.2, 0) is 12.8 Å². The summed E-state index contributed by atoms with van der Waals surface area (Å²) in [5.41, 5.74) is 0.385. The number of hydrogen-bond acceptors (Lipinski definition) is 1. The van der Waals surface area contributed by atoms with Gasteiger partial charge in [0.1, 0.15) is 0 Å². The third kappa shape index (κ3) is 3.43. The van der Waals surface area contributed by atoms with Gasteiger partial charge in [-0.05, 0) is 30.4 Å². The fourth-order valence-corrected chi connectivity index (χ4v) is 2.64. The number of halogens is 1. The molecule has 0 unspecified atom stereocenters. The highest BCUT2D eigenvalue weighted by atomic mass is 79.9. The van der Waals surface area contributed by atoms with E-state index in [-0.39, 0.29) is 0 Å². The van der Waals surface area contributed by atoms with Crippen LogP contribution in [0.3, 0.4) is 0 Å². The van der Waals surface area contributed by atoms with Crippen molar-refractivity contribution in [3.05, 3.63) is 21.9 Å². The Morgan fingerprint density at radius 3 is 2.38 bits per heavy atom. The third-order valence-corrected chi connectivity index (χ3v) is 4.83. The summed E-state index contributed by atoms with van der Waals surface area (Å²) in [6.07, 6.45) is 2.35. The Balaban J connectivity index is 2.63. The maximum Gasteiger partial charge on any atom is 0.00861 e. The van der Waals surface area contributed by atoms with Gasteiger partial charge in [0, 0.05) is 15.1 Å². The lowest BCUT2D eigenvalue weighted by Gasteiger charge is -2.20. The summed E-state index contributed by atoms with van der Waals surface area (Å²) >= 11 is 5.51. The van der Waals surface area contributed by atoms with Crippen molar-refractivity contribution in [2.75, 3.05) is 5.33 Å². The molecule has 2 heteroatoms. The zero-order valence-electron chi connectivity index (χ0n) is 8.56. The normalized spacial score (nSPS) is 12.0. The number of hydrogen-bond donors (Lipinski definition) is 0. The lowest BCUT2D eigenvalue weighted by molar-refractivity contribution is 0.428. The van der Waals surface area contributed by atoms with Crippen molar-refractivity contribution in [2.24, 2.45) is 5.41 Å². The molecule has 0 aliphatic rings. The Morgan fingerprint density at radius 2 is 1.92 bits per heavy atom. The molecule has 1 aromatic rings. The molecular formula is C11H17BrS. The van der Waals surface area contributed by atoms with Gasteiger partial charge in [-0.1, -0.05) is 36.7 Å². The van der Waals surface area contributed by atoms with E-state index in [2.05, 4.69) is 48.8 Å². The maximum atomic E-state index is 3.56. The lowest BCUT2D eigenvalue weighted by atomic mass is 9.91. The van der Waals surface area contributed by atoms with Gasteiger partial charge in [-0.15, -0.1) is 11.3 Å². The fourth-order valence-electron chi connectivity index (χ4n) is 1.23. The zero-order valence-corrected chi connectivity index (χ0v) is 11.0. The van der Waals surface area contributed by atoms with E-state index in [1.807, 2.05) is 11.3 Å². The highest BCUT2D eigenvalue weighted by molar-refractivity contribution is 9.09. The van der Waals surface area contributed by atoms with E-state index in [0.717, 1.165) is 5.33 Å². The summed E-state index contributed by atoms with van der Waals surface area (Å²) in [6.45, 7) is 6.81. The van der Waals surface area contributed by atoms with Crippen molar-refractivity contribution in [3.8, 4) is 0 Å². The van der Waals surface area contributed by atoms with E-state index >= 15 is 0 Å². The largest absolute Gasteiger partial charge is 0.145 e. The first-order chi connectivity index (χ1) is 6.07. The van der Waals surface area contributed by atoms with Crippen molar-refractivity contribution >= 4 is 27.3 Å². The van der Waals surface area contributed by atoms with Gasteiger partial charge in [0.15, 0.2) is 0 Å². The lowest BCUT2D eigenvalue weighted by Crippen LogP contribution is -2.15. The Morgan fingerprint density at radius 1 is 1.31 bits per heavy atom. The molecule has 0 aliphatic carbocycles. The van der Waals surface area contributed by atoms with Gasteiger partial charge < -0.3 is 0 Å². The molecule has 1 heterocycles. The van der Waals surface area contributed by atoms with E-state index < -0.39 is 0 Å². The summed E-state index contributed by atoms with van der Waals surface area (Å²) in [5, 5.41) is 1.07. The monoisotopic (exact) mass is 260 g/mol. The van der Waals surface area contributed by atoms with Crippen LogP contribution in [0.4, 0.5) is 0 Å². The van der Waals surface area contributed by atoms with Crippen LogP contribution in [-0.4, -0.2) is 5.33 Å². The average Bonchev–Trinajstić information content (AvgIpc) is 2.52.